The van der Waals surface area contributed by atoms with E-state index in [0.717, 1.165) is 0 Å². The molecule has 0 bridgehead atoms. The summed E-state index contributed by atoms with van der Waals surface area (Å²) in [4.78, 5) is 0. The van der Waals surface area contributed by atoms with Crippen molar-refractivity contribution in [2.75, 3.05) is 0 Å². The van der Waals surface area contributed by atoms with Gasteiger partial charge in [-0.15, -0.1) is 0 Å². The van der Waals surface area contributed by atoms with Crippen molar-refractivity contribution < 1.29 is 13.2 Å². The number of alkyl halides is 3. The van der Waals surface area contributed by atoms with Gasteiger partial charge < -0.3 is 5.73 Å². The Hall–Kier alpha value is -0.740. The number of benzene rings is 1. The molecule has 1 nitrogen and oxygen atoms in total. The summed E-state index contributed by atoms with van der Waals surface area (Å²) in [7, 11) is 0. The summed E-state index contributed by atoms with van der Waals surface area (Å²) in [6, 6.07) is 3.82. The van der Waals surface area contributed by atoms with Gasteiger partial charge in [0, 0.05) is 11.1 Å². The van der Waals surface area contributed by atoms with Crippen LogP contribution in [0.4, 0.5) is 13.2 Å². The van der Waals surface area contributed by atoms with E-state index in [1.807, 2.05) is 0 Å². The number of rotatable bonds is 2. The van der Waals surface area contributed by atoms with E-state index in [-0.39, 0.29) is 5.02 Å². The van der Waals surface area contributed by atoms with E-state index in [9.17, 15) is 13.2 Å². The molecule has 0 saturated heterocycles. The predicted octanol–water partition coefficient (Wildman–Crippen LogP) is 3.60. The monoisotopic (exact) mass is 237 g/mol. The Balaban J connectivity index is 2.96. The number of hydrogen-bond acceptors (Lipinski definition) is 1. The van der Waals surface area contributed by atoms with E-state index in [1.54, 1.807) is 25.1 Å². The summed E-state index contributed by atoms with van der Waals surface area (Å²) in [5.74, 6) is 0. The first-order chi connectivity index (χ1) is 6.81. The third-order valence-corrected chi connectivity index (χ3v) is 2.42. The number of nitrogens with two attached hydrogens (primary N) is 1. The molecule has 2 N–H and O–H groups in total. The van der Waals surface area contributed by atoms with Gasteiger partial charge in [-0.2, -0.15) is 13.2 Å². The third-order valence-electron chi connectivity index (χ3n) is 2.09. The maximum Gasteiger partial charge on any atom is 0.390 e. The van der Waals surface area contributed by atoms with Crippen LogP contribution in [0.25, 0.3) is 0 Å². The molecule has 15 heavy (non-hydrogen) atoms. The normalized spacial score (nSPS) is 14.0. The molecule has 0 aliphatic rings. The van der Waals surface area contributed by atoms with Gasteiger partial charge in [0.25, 0.3) is 0 Å². The number of halogens is 4. The van der Waals surface area contributed by atoms with Gasteiger partial charge in [0.1, 0.15) is 0 Å². The fourth-order valence-electron chi connectivity index (χ4n) is 1.47. The second-order valence-corrected chi connectivity index (χ2v) is 3.80. The fourth-order valence-corrected chi connectivity index (χ4v) is 1.83. The van der Waals surface area contributed by atoms with Crippen molar-refractivity contribution in [3.05, 3.63) is 34.3 Å². The van der Waals surface area contributed by atoms with Gasteiger partial charge >= 0.3 is 6.18 Å². The van der Waals surface area contributed by atoms with Gasteiger partial charge in [0.15, 0.2) is 0 Å². The SMILES string of the molecule is Cc1cccc(Cl)c1[C@@H](N)CC(F)(F)F. The Morgan fingerprint density at radius 1 is 1.40 bits per heavy atom. The Bertz CT molecular complexity index is 329. The Morgan fingerprint density at radius 2 is 2.00 bits per heavy atom. The molecule has 0 aliphatic heterocycles. The Labute approximate surface area is 91.0 Å². The lowest BCUT2D eigenvalue weighted by atomic mass is 9.99. The second kappa shape index (κ2) is 4.41. The van der Waals surface area contributed by atoms with Crippen LogP contribution >= 0.6 is 11.6 Å². The standard InChI is InChI=1S/C10H11ClF3N/c1-6-3-2-4-7(11)9(6)8(15)5-10(12,13)14/h2-4,8H,5,15H2,1H3/t8-/m0/s1. The zero-order valence-corrected chi connectivity index (χ0v) is 8.86. The Morgan fingerprint density at radius 3 is 2.47 bits per heavy atom. The summed E-state index contributed by atoms with van der Waals surface area (Å²) >= 11 is 5.81. The smallest absolute Gasteiger partial charge is 0.324 e. The molecule has 1 aromatic rings. The molecule has 1 atom stereocenters. The molecule has 0 spiro atoms. The van der Waals surface area contributed by atoms with Crippen molar-refractivity contribution in [1.82, 2.24) is 0 Å². The largest absolute Gasteiger partial charge is 0.390 e. The third kappa shape index (κ3) is 3.39. The van der Waals surface area contributed by atoms with Gasteiger partial charge in [0.05, 0.1) is 6.42 Å². The molecule has 1 aromatic carbocycles. The first-order valence-corrected chi connectivity index (χ1v) is 4.76. The minimum atomic E-state index is -4.27. The second-order valence-electron chi connectivity index (χ2n) is 3.40. The summed E-state index contributed by atoms with van der Waals surface area (Å²) in [5.41, 5.74) is 6.53. The molecule has 0 heterocycles. The predicted molar refractivity (Wildman–Crippen MR) is 53.8 cm³/mol. The summed E-state index contributed by atoms with van der Waals surface area (Å²) in [6.45, 7) is 1.69. The van der Waals surface area contributed by atoms with Crippen molar-refractivity contribution in [1.29, 1.82) is 0 Å². The molecule has 0 amide bonds. The van der Waals surface area contributed by atoms with E-state index in [0.29, 0.717) is 11.1 Å². The highest BCUT2D eigenvalue weighted by molar-refractivity contribution is 6.31. The molecule has 0 unspecified atom stereocenters. The molecule has 0 radical (unpaired) electrons. The van der Waals surface area contributed by atoms with Crippen molar-refractivity contribution in [2.24, 2.45) is 5.73 Å². The quantitative estimate of drug-likeness (QED) is 0.836. The van der Waals surface area contributed by atoms with Crippen LogP contribution < -0.4 is 5.73 Å². The minimum absolute atomic E-state index is 0.284. The van der Waals surface area contributed by atoms with E-state index in [1.165, 1.54) is 0 Å². The molecular weight excluding hydrogens is 227 g/mol. The van der Waals surface area contributed by atoms with Crippen LogP contribution in [0.5, 0.6) is 0 Å². The molecule has 5 heteroatoms. The number of hydrogen-bond donors (Lipinski definition) is 1. The van der Waals surface area contributed by atoms with E-state index < -0.39 is 18.6 Å². The topological polar surface area (TPSA) is 26.0 Å². The highest BCUT2D eigenvalue weighted by Gasteiger charge is 2.32. The molecule has 0 aromatic heterocycles. The zero-order chi connectivity index (χ0) is 11.6. The van der Waals surface area contributed by atoms with Crippen molar-refractivity contribution >= 4 is 11.6 Å². The molecule has 1 rings (SSSR count). The maximum atomic E-state index is 12.1. The average Bonchev–Trinajstić information content (AvgIpc) is 1.99. The molecule has 0 saturated carbocycles. The number of aryl methyl sites for hydroxylation is 1. The van der Waals surface area contributed by atoms with E-state index in [4.69, 9.17) is 17.3 Å². The van der Waals surface area contributed by atoms with Crippen LogP contribution in [-0.4, -0.2) is 6.18 Å². The van der Waals surface area contributed by atoms with Crippen LogP contribution in [0.2, 0.25) is 5.02 Å². The zero-order valence-electron chi connectivity index (χ0n) is 8.11. The first-order valence-electron chi connectivity index (χ1n) is 4.38. The maximum absolute atomic E-state index is 12.1. The molecule has 0 fully saturated rings. The lowest BCUT2D eigenvalue weighted by Gasteiger charge is -2.17. The van der Waals surface area contributed by atoms with Gasteiger partial charge in [-0.05, 0) is 24.1 Å². The van der Waals surface area contributed by atoms with Crippen LogP contribution in [0.1, 0.15) is 23.6 Å². The summed E-state index contributed by atoms with van der Waals surface area (Å²) < 4.78 is 36.4. The van der Waals surface area contributed by atoms with Crippen LogP contribution in [-0.2, 0) is 0 Å². The fraction of sp³-hybridized carbons (Fsp3) is 0.400. The Kier molecular flexibility index (Phi) is 3.62. The van der Waals surface area contributed by atoms with Gasteiger partial charge in [0.2, 0.25) is 0 Å². The molecular formula is C10H11ClF3N. The first kappa shape index (κ1) is 12.3. The highest BCUT2D eigenvalue weighted by Crippen LogP contribution is 2.32. The lowest BCUT2D eigenvalue weighted by Crippen LogP contribution is -2.21. The van der Waals surface area contributed by atoms with Gasteiger partial charge in [-0.25, -0.2) is 0 Å². The van der Waals surface area contributed by atoms with Gasteiger partial charge in [-0.1, -0.05) is 23.7 Å². The van der Waals surface area contributed by atoms with Crippen LogP contribution in [0, 0.1) is 6.92 Å². The van der Waals surface area contributed by atoms with Crippen molar-refractivity contribution in [2.45, 2.75) is 25.6 Å². The highest BCUT2D eigenvalue weighted by atomic mass is 35.5. The molecule has 0 aliphatic carbocycles. The van der Waals surface area contributed by atoms with E-state index >= 15 is 0 Å². The van der Waals surface area contributed by atoms with Crippen molar-refractivity contribution in [3.8, 4) is 0 Å². The minimum Gasteiger partial charge on any atom is -0.324 e. The summed E-state index contributed by atoms with van der Waals surface area (Å²) in [5, 5.41) is 0.284. The lowest BCUT2D eigenvalue weighted by molar-refractivity contribution is -0.138. The molecule has 84 valence electrons. The average molecular weight is 238 g/mol. The van der Waals surface area contributed by atoms with Crippen LogP contribution in [0.15, 0.2) is 18.2 Å². The van der Waals surface area contributed by atoms with E-state index in [2.05, 4.69) is 0 Å². The summed E-state index contributed by atoms with van der Waals surface area (Å²) in [6.07, 6.45) is -5.33. The van der Waals surface area contributed by atoms with Crippen molar-refractivity contribution in [3.63, 3.8) is 0 Å². The van der Waals surface area contributed by atoms with Crippen LogP contribution in [0.3, 0.4) is 0 Å². The van der Waals surface area contributed by atoms with Gasteiger partial charge in [-0.3, -0.25) is 0 Å².